The third kappa shape index (κ3) is 3.84. The highest BCUT2D eigenvalue weighted by Gasteiger charge is 2.18. The van der Waals surface area contributed by atoms with Crippen LogP contribution < -0.4 is 0 Å². The zero-order chi connectivity index (χ0) is 13.5. The number of esters is 1. The van der Waals surface area contributed by atoms with Gasteiger partial charge in [-0.15, -0.1) is 0 Å². The van der Waals surface area contributed by atoms with Crippen molar-refractivity contribution in [1.82, 2.24) is 0 Å². The average molecular weight is 254 g/mol. The Kier molecular flexibility index (Phi) is 5.30. The smallest absolute Gasteiger partial charge is 0.340 e. The number of ether oxygens (including phenoxy) is 2. The van der Waals surface area contributed by atoms with Crippen molar-refractivity contribution in [2.24, 2.45) is 0 Å². The number of hydrogen-bond donors (Lipinski definition) is 0. The summed E-state index contributed by atoms with van der Waals surface area (Å²) in [6.45, 7) is 2.07. The van der Waals surface area contributed by atoms with Gasteiger partial charge in [0.1, 0.15) is 6.10 Å². The van der Waals surface area contributed by atoms with Gasteiger partial charge in [-0.05, 0) is 18.1 Å². The van der Waals surface area contributed by atoms with Gasteiger partial charge < -0.3 is 9.47 Å². The maximum Gasteiger partial charge on any atom is 0.340 e. The molecule has 0 bridgehead atoms. The lowest BCUT2D eigenvalue weighted by molar-refractivity contribution is -0.146. The molecule has 4 nitrogen and oxygen atoms in total. The Morgan fingerprint density at radius 2 is 2.22 bits per heavy atom. The molecule has 0 saturated heterocycles. The number of halogens is 1. The molecule has 0 amide bonds. The van der Waals surface area contributed by atoms with E-state index in [9.17, 15) is 14.0 Å². The molecule has 0 aliphatic heterocycles. The molecule has 0 saturated carbocycles. The largest absolute Gasteiger partial charge is 0.467 e. The highest BCUT2D eigenvalue weighted by Crippen LogP contribution is 2.18. The van der Waals surface area contributed by atoms with Crippen molar-refractivity contribution in [3.8, 4) is 0 Å². The third-order valence-corrected chi connectivity index (χ3v) is 2.55. The number of rotatable bonds is 6. The topological polar surface area (TPSA) is 52.6 Å². The lowest BCUT2D eigenvalue weighted by Gasteiger charge is -2.12. The van der Waals surface area contributed by atoms with E-state index in [-0.39, 0.29) is 6.42 Å². The number of benzene rings is 1. The van der Waals surface area contributed by atoms with E-state index in [0.29, 0.717) is 12.0 Å². The number of alkyl halides is 1. The maximum atomic E-state index is 13.4. The highest BCUT2D eigenvalue weighted by molar-refractivity contribution is 5.74. The molecule has 2 atom stereocenters. The molecule has 98 valence electrons. The van der Waals surface area contributed by atoms with Gasteiger partial charge in [0.05, 0.1) is 7.11 Å². The van der Waals surface area contributed by atoms with Gasteiger partial charge in [0.15, 0.2) is 0 Å². The van der Waals surface area contributed by atoms with Crippen LogP contribution in [0.4, 0.5) is 4.39 Å². The third-order valence-electron chi connectivity index (χ3n) is 2.55. The minimum absolute atomic E-state index is 0.0612. The van der Waals surface area contributed by atoms with Gasteiger partial charge in [-0.25, -0.2) is 9.18 Å². The second-order valence-corrected chi connectivity index (χ2v) is 3.81. The zero-order valence-electron chi connectivity index (χ0n) is 10.3. The van der Waals surface area contributed by atoms with Crippen molar-refractivity contribution >= 4 is 12.4 Å². The number of carbonyl (C=O) groups excluding carboxylic acids is 2. The Morgan fingerprint density at radius 3 is 2.83 bits per heavy atom. The Bertz CT molecular complexity index is 419. The molecule has 0 aromatic heterocycles. The fourth-order valence-corrected chi connectivity index (χ4v) is 1.55. The predicted octanol–water partition coefficient (Wildman–Crippen LogP) is 1.97. The second kappa shape index (κ2) is 6.74. The van der Waals surface area contributed by atoms with E-state index in [1.807, 2.05) is 0 Å². The van der Waals surface area contributed by atoms with Crippen LogP contribution in [0.3, 0.4) is 0 Å². The molecule has 0 N–H and O–H groups in total. The SMILES string of the molecule is COC(=O)C(F)Cc1cccc(C(C)OC=O)c1. The quantitative estimate of drug-likeness (QED) is 0.575. The molecule has 0 aliphatic rings. The summed E-state index contributed by atoms with van der Waals surface area (Å²) in [6, 6.07) is 6.89. The number of carbonyl (C=O) groups is 2. The molecule has 1 aromatic carbocycles. The highest BCUT2D eigenvalue weighted by atomic mass is 19.1. The lowest BCUT2D eigenvalue weighted by atomic mass is 10.0. The fourth-order valence-electron chi connectivity index (χ4n) is 1.55. The first kappa shape index (κ1) is 14.2. The summed E-state index contributed by atoms with van der Waals surface area (Å²) in [4.78, 5) is 21.2. The summed E-state index contributed by atoms with van der Waals surface area (Å²) in [5.41, 5.74) is 1.39. The molecule has 18 heavy (non-hydrogen) atoms. The minimum atomic E-state index is -1.69. The molecule has 0 spiro atoms. The van der Waals surface area contributed by atoms with Crippen molar-refractivity contribution in [3.63, 3.8) is 0 Å². The fraction of sp³-hybridized carbons (Fsp3) is 0.385. The molecular weight excluding hydrogens is 239 g/mol. The van der Waals surface area contributed by atoms with E-state index < -0.39 is 18.2 Å². The van der Waals surface area contributed by atoms with Crippen LogP contribution in [0.25, 0.3) is 0 Å². The minimum Gasteiger partial charge on any atom is -0.467 e. The molecule has 0 heterocycles. The van der Waals surface area contributed by atoms with E-state index in [0.717, 1.165) is 12.7 Å². The zero-order valence-corrected chi connectivity index (χ0v) is 10.3. The van der Waals surface area contributed by atoms with Crippen LogP contribution in [0, 0.1) is 0 Å². The molecule has 0 radical (unpaired) electrons. The summed E-state index contributed by atoms with van der Waals surface area (Å²) in [7, 11) is 1.14. The summed E-state index contributed by atoms with van der Waals surface area (Å²) < 4.78 is 22.5. The van der Waals surface area contributed by atoms with Gasteiger partial charge in [0.25, 0.3) is 6.47 Å². The molecular formula is C13H15FO4. The van der Waals surface area contributed by atoms with Crippen LogP contribution in [0.5, 0.6) is 0 Å². The van der Waals surface area contributed by atoms with E-state index in [4.69, 9.17) is 4.74 Å². The van der Waals surface area contributed by atoms with Crippen LogP contribution >= 0.6 is 0 Å². The molecule has 0 aliphatic carbocycles. The molecule has 0 fully saturated rings. The first-order chi connectivity index (χ1) is 8.58. The summed E-state index contributed by atoms with van der Waals surface area (Å²) in [6.07, 6.45) is -2.15. The molecule has 1 aromatic rings. The van der Waals surface area contributed by atoms with E-state index in [1.165, 1.54) is 0 Å². The Morgan fingerprint density at radius 1 is 1.50 bits per heavy atom. The van der Waals surface area contributed by atoms with Crippen LogP contribution in [0.1, 0.15) is 24.2 Å². The van der Waals surface area contributed by atoms with Crippen LogP contribution in [-0.2, 0) is 25.5 Å². The Hall–Kier alpha value is -1.91. The molecule has 1 rings (SSSR count). The Labute approximate surface area is 105 Å². The van der Waals surface area contributed by atoms with E-state index in [1.54, 1.807) is 31.2 Å². The van der Waals surface area contributed by atoms with Gasteiger partial charge in [-0.1, -0.05) is 24.3 Å². The Balaban J connectivity index is 2.76. The van der Waals surface area contributed by atoms with Gasteiger partial charge in [-0.3, -0.25) is 4.79 Å². The standard InChI is InChI=1S/C13H15FO4/c1-9(18-8-15)11-5-3-4-10(6-11)7-12(14)13(16)17-2/h3-6,8-9,12H,7H2,1-2H3. The molecule has 5 heteroatoms. The van der Waals surface area contributed by atoms with E-state index in [2.05, 4.69) is 4.74 Å². The van der Waals surface area contributed by atoms with Crippen molar-refractivity contribution in [1.29, 1.82) is 0 Å². The van der Waals surface area contributed by atoms with Crippen molar-refractivity contribution in [2.45, 2.75) is 25.6 Å². The number of methoxy groups -OCH3 is 1. The monoisotopic (exact) mass is 254 g/mol. The molecule has 2 unspecified atom stereocenters. The van der Waals surface area contributed by atoms with Crippen molar-refractivity contribution in [2.75, 3.05) is 7.11 Å². The average Bonchev–Trinajstić information content (AvgIpc) is 2.38. The van der Waals surface area contributed by atoms with Crippen LogP contribution in [0.2, 0.25) is 0 Å². The normalized spacial score (nSPS) is 13.5. The summed E-state index contributed by atoms with van der Waals surface area (Å²) in [5, 5.41) is 0. The van der Waals surface area contributed by atoms with Gasteiger partial charge in [0.2, 0.25) is 6.17 Å². The first-order valence-corrected chi connectivity index (χ1v) is 5.48. The lowest BCUT2D eigenvalue weighted by Crippen LogP contribution is -2.19. The van der Waals surface area contributed by atoms with Crippen molar-refractivity contribution in [3.05, 3.63) is 35.4 Å². The maximum absolute atomic E-state index is 13.4. The van der Waals surface area contributed by atoms with Gasteiger partial charge >= 0.3 is 5.97 Å². The predicted molar refractivity (Wildman–Crippen MR) is 62.6 cm³/mol. The first-order valence-electron chi connectivity index (χ1n) is 5.48. The van der Waals surface area contributed by atoms with Crippen LogP contribution in [-0.4, -0.2) is 25.7 Å². The summed E-state index contributed by atoms with van der Waals surface area (Å²) >= 11 is 0. The van der Waals surface area contributed by atoms with Gasteiger partial charge in [-0.2, -0.15) is 0 Å². The van der Waals surface area contributed by atoms with Crippen molar-refractivity contribution < 1.29 is 23.5 Å². The number of hydrogen-bond acceptors (Lipinski definition) is 4. The van der Waals surface area contributed by atoms with E-state index >= 15 is 0 Å². The second-order valence-electron chi connectivity index (χ2n) is 3.81. The van der Waals surface area contributed by atoms with Gasteiger partial charge in [0, 0.05) is 6.42 Å². The summed E-state index contributed by atoms with van der Waals surface area (Å²) in [5.74, 6) is -0.891. The van der Waals surface area contributed by atoms with Crippen LogP contribution in [0.15, 0.2) is 24.3 Å².